The van der Waals surface area contributed by atoms with Gasteiger partial charge in [-0.1, -0.05) is 5.57 Å². The lowest BCUT2D eigenvalue weighted by Gasteiger charge is -2.44. The smallest absolute Gasteiger partial charge is 0.291 e. The maximum atomic E-state index is 14.3. The lowest BCUT2D eigenvalue weighted by Crippen LogP contribution is -2.53. The Morgan fingerprint density at radius 3 is 2.48 bits per heavy atom. The molecule has 6 rings (SSSR count). The highest BCUT2D eigenvalue weighted by Crippen LogP contribution is 2.47. The normalized spacial score (nSPS) is 19.1. The van der Waals surface area contributed by atoms with Crippen LogP contribution in [0.15, 0.2) is 77.7 Å². The first-order chi connectivity index (χ1) is 19.9. The minimum atomic E-state index is -4.76. The minimum absolute atomic E-state index is 0.0753. The molecule has 1 atom stereocenters. The number of hydrogen-bond donors (Lipinski definition) is 0. The van der Waals surface area contributed by atoms with Gasteiger partial charge in [0.2, 0.25) is 0 Å². The number of alkyl halides is 3. The fourth-order valence-electron chi connectivity index (χ4n) is 5.57. The Labute approximate surface area is 238 Å². The highest BCUT2D eigenvalue weighted by Gasteiger charge is 2.51. The molecular formula is C29H23F4N5O3S. The van der Waals surface area contributed by atoms with E-state index in [9.17, 15) is 30.8 Å². The molecule has 1 aliphatic heterocycles. The molecule has 4 aromatic rings. The van der Waals surface area contributed by atoms with Crippen molar-refractivity contribution in [2.45, 2.75) is 31.0 Å². The van der Waals surface area contributed by atoms with E-state index in [0.717, 1.165) is 16.1 Å². The molecule has 0 amide bonds. The second-order valence-corrected chi connectivity index (χ2v) is 12.3. The number of aryl methyl sites for hydroxylation is 1. The Hall–Kier alpha value is -4.23. The molecule has 0 spiro atoms. The summed E-state index contributed by atoms with van der Waals surface area (Å²) in [5.74, 6) is -0.813. The van der Waals surface area contributed by atoms with Crippen molar-refractivity contribution in [1.82, 2.24) is 24.1 Å². The molecule has 3 aromatic heterocycles. The summed E-state index contributed by atoms with van der Waals surface area (Å²) in [7, 11) is -4.51. The fourth-order valence-corrected chi connectivity index (χ4v) is 7.03. The molecule has 1 fully saturated rings. The number of fused-ring (bicyclic) bond motifs is 2. The number of benzene rings is 1. The number of Topliss-reactive ketones (excluding diaryl/α,β-unsaturated/α-hetero) is 1. The van der Waals surface area contributed by atoms with Crippen LogP contribution in [0.25, 0.3) is 11.8 Å². The molecule has 1 unspecified atom stereocenters. The molecule has 1 aromatic carbocycles. The molecule has 13 heteroatoms. The lowest BCUT2D eigenvalue weighted by atomic mass is 9.65. The Bertz CT molecular complexity index is 1850. The monoisotopic (exact) mass is 597 g/mol. The quantitative estimate of drug-likeness (QED) is 0.237. The van der Waals surface area contributed by atoms with E-state index < -0.39 is 43.8 Å². The third-order valence-corrected chi connectivity index (χ3v) is 9.44. The maximum absolute atomic E-state index is 14.3. The van der Waals surface area contributed by atoms with Crippen LogP contribution in [0, 0.1) is 18.2 Å². The zero-order valence-electron chi connectivity index (χ0n) is 22.1. The number of halogens is 4. The van der Waals surface area contributed by atoms with Crippen LogP contribution in [0.2, 0.25) is 0 Å². The number of aromatic nitrogens is 4. The lowest BCUT2D eigenvalue weighted by molar-refractivity contribution is -0.137. The molecule has 42 heavy (non-hydrogen) atoms. The van der Waals surface area contributed by atoms with E-state index in [1.165, 1.54) is 18.3 Å². The standard InChI is InChI=1S/C29H23F4N5O3S/c1-18-6-9-34-24(12-18)27(39)28-15-19-16-36-38(23-4-2-22(30)3-5-23)25(19)13-20(28)8-11-37(17-28)42(40,41)26-14-21(7-10-35-26)29(31,32)33/h2-7,9-10,12-14,16H,8,11,15,17H2,1H3. The number of carbonyl (C=O) groups excluding carboxylic acids is 1. The van der Waals surface area contributed by atoms with Crippen molar-refractivity contribution in [1.29, 1.82) is 0 Å². The number of pyridine rings is 2. The number of ketones is 1. The van der Waals surface area contributed by atoms with Crippen LogP contribution in [0.3, 0.4) is 0 Å². The van der Waals surface area contributed by atoms with Crippen molar-refractivity contribution >= 4 is 21.9 Å². The topological polar surface area (TPSA) is 98.0 Å². The molecular weight excluding hydrogens is 574 g/mol. The Morgan fingerprint density at radius 2 is 1.76 bits per heavy atom. The molecule has 0 saturated carbocycles. The van der Waals surface area contributed by atoms with E-state index in [0.29, 0.717) is 34.7 Å². The summed E-state index contributed by atoms with van der Waals surface area (Å²) in [6.07, 6.45) is 1.12. The molecule has 1 saturated heterocycles. The summed E-state index contributed by atoms with van der Waals surface area (Å²) >= 11 is 0. The van der Waals surface area contributed by atoms with E-state index in [4.69, 9.17) is 0 Å². The zero-order chi connectivity index (χ0) is 29.9. The first-order valence-electron chi connectivity index (χ1n) is 12.9. The van der Waals surface area contributed by atoms with Crippen LogP contribution < -0.4 is 0 Å². The van der Waals surface area contributed by atoms with Gasteiger partial charge >= 0.3 is 6.18 Å². The summed E-state index contributed by atoms with van der Waals surface area (Å²) in [5.41, 5.74) is 0.973. The van der Waals surface area contributed by atoms with Crippen LogP contribution in [0.4, 0.5) is 17.6 Å². The maximum Gasteiger partial charge on any atom is 0.416 e. The number of rotatable bonds is 5. The Kier molecular flexibility index (Phi) is 6.61. The highest BCUT2D eigenvalue weighted by atomic mass is 32.2. The van der Waals surface area contributed by atoms with Gasteiger partial charge in [-0.2, -0.15) is 22.6 Å². The molecule has 8 nitrogen and oxygen atoms in total. The van der Waals surface area contributed by atoms with Crippen molar-refractivity contribution in [2.75, 3.05) is 13.1 Å². The number of nitrogens with zero attached hydrogens (tertiary/aromatic N) is 5. The molecule has 216 valence electrons. The van der Waals surface area contributed by atoms with Gasteiger partial charge in [0.25, 0.3) is 10.0 Å². The van der Waals surface area contributed by atoms with E-state index >= 15 is 0 Å². The summed E-state index contributed by atoms with van der Waals surface area (Å²) < 4.78 is 83.6. The Balaban J connectivity index is 1.45. The van der Waals surface area contributed by atoms with Gasteiger partial charge in [-0.05, 0) is 85.5 Å². The van der Waals surface area contributed by atoms with Gasteiger partial charge < -0.3 is 0 Å². The highest BCUT2D eigenvalue weighted by molar-refractivity contribution is 7.89. The van der Waals surface area contributed by atoms with Gasteiger partial charge in [0.15, 0.2) is 10.8 Å². The molecule has 0 N–H and O–H groups in total. The number of sulfonamides is 1. The van der Waals surface area contributed by atoms with E-state index in [1.807, 2.05) is 0 Å². The largest absolute Gasteiger partial charge is 0.416 e. The first-order valence-corrected chi connectivity index (χ1v) is 14.4. The van der Waals surface area contributed by atoms with E-state index in [2.05, 4.69) is 15.1 Å². The third kappa shape index (κ3) is 4.71. The van der Waals surface area contributed by atoms with Gasteiger partial charge in [0, 0.05) is 25.5 Å². The predicted octanol–water partition coefficient (Wildman–Crippen LogP) is 5.03. The van der Waals surface area contributed by atoms with Gasteiger partial charge in [0.1, 0.15) is 11.5 Å². The SMILES string of the molecule is Cc1ccnc(C(=O)C23Cc4cnn(-c5ccc(F)cc5)c4C=C2CCN(S(=O)(=O)c2cc(C(F)(F)F)ccn2)C3)c1. The predicted molar refractivity (Wildman–Crippen MR) is 144 cm³/mol. The molecule has 0 radical (unpaired) electrons. The van der Waals surface area contributed by atoms with Gasteiger partial charge in [0.05, 0.1) is 28.6 Å². The summed E-state index contributed by atoms with van der Waals surface area (Å²) in [4.78, 5) is 22.3. The van der Waals surface area contributed by atoms with Crippen LogP contribution in [0.5, 0.6) is 0 Å². The third-order valence-electron chi connectivity index (χ3n) is 7.70. The minimum Gasteiger partial charge on any atom is -0.291 e. The van der Waals surface area contributed by atoms with Crippen LogP contribution in [-0.2, 0) is 22.6 Å². The van der Waals surface area contributed by atoms with Crippen molar-refractivity contribution in [3.63, 3.8) is 0 Å². The van der Waals surface area contributed by atoms with Crippen molar-refractivity contribution in [3.8, 4) is 5.69 Å². The molecule has 1 aliphatic carbocycles. The molecule has 0 bridgehead atoms. The second-order valence-electron chi connectivity index (χ2n) is 10.4. The molecule has 4 heterocycles. The van der Waals surface area contributed by atoms with Crippen LogP contribution in [0.1, 0.15) is 39.3 Å². The van der Waals surface area contributed by atoms with Gasteiger partial charge in [-0.15, -0.1) is 0 Å². The second kappa shape index (κ2) is 9.95. The Morgan fingerprint density at radius 1 is 1.02 bits per heavy atom. The van der Waals surface area contributed by atoms with Gasteiger partial charge in [-0.25, -0.2) is 22.5 Å². The average molecular weight is 598 g/mol. The van der Waals surface area contributed by atoms with Gasteiger partial charge in [-0.3, -0.25) is 9.78 Å². The first kappa shape index (κ1) is 27.9. The van der Waals surface area contributed by atoms with E-state index in [-0.39, 0.29) is 31.6 Å². The number of piperidine rings is 1. The average Bonchev–Trinajstić information content (AvgIpc) is 3.37. The van der Waals surface area contributed by atoms with Crippen molar-refractivity contribution < 1.29 is 30.8 Å². The van der Waals surface area contributed by atoms with Crippen LogP contribution >= 0.6 is 0 Å². The van der Waals surface area contributed by atoms with E-state index in [1.54, 1.807) is 48.1 Å². The van der Waals surface area contributed by atoms with Crippen molar-refractivity contribution in [3.05, 3.63) is 107 Å². The van der Waals surface area contributed by atoms with Crippen LogP contribution in [-0.4, -0.2) is 51.3 Å². The number of hydrogen-bond acceptors (Lipinski definition) is 6. The summed E-state index contributed by atoms with van der Waals surface area (Å²) in [5, 5.41) is 3.71. The van der Waals surface area contributed by atoms with Crippen molar-refractivity contribution in [2.24, 2.45) is 5.41 Å². The summed E-state index contributed by atoms with van der Waals surface area (Å²) in [6.45, 7) is 1.40. The fraction of sp³-hybridized carbons (Fsp3) is 0.241. The zero-order valence-corrected chi connectivity index (χ0v) is 23.0. The summed E-state index contributed by atoms with van der Waals surface area (Å²) in [6, 6.07) is 10.3. The molecule has 2 aliphatic rings. The number of carbonyl (C=O) groups is 1.